The molecule has 2 aromatic rings. The summed E-state index contributed by atoms with van der Waals surface area (Å²) in [5.41, 5.74) is 1.10. The molecular weight excluding hydrogens is 242 g/mol. The van der Waals surface area contributed by atoms with Gasteiger partial charge >= 0.3 is 0 Å². The van der Waals surface area contributed by atoms with Gasteiger partial charge in [-0.3, -0.25) is 9.67 Å². The van der Waals surface area contributed by atoms with Gasteiger partial charge in [0.25, 0.3) is 0 Å². The van der Waals surface area contributed by atoms with E-state index in [0.717, 1.165) is 17.8 Å². The number of hydrogen-bond acceptors (Lipinski definition) is 2. The van der Waals surface area contributed by atoms with Crippen LogP contribution in [0.2, 0.25) is 0 Å². The van der Waals surface area contributed by atoms with Crippen LogP contribution < -0.4 is 0 Å². The minimum atomic E-state index is 0.381. The van der Waals surface area contributed by atoms with Crippen LogP contribution in [-0.4, -0.2) is 14.8 Å². The smallest absolute Gasteiger partial charge is 0.195 e. The Morgan fingerprint density at radius 2 is 2.06 bits per heavy atom. The van der Waals surface area contributed by atoms with Crippen molar-refractivity contribution < 1.29 is 0 Å². The summed E-state index contributed by atoms with van der Waals surface area (Å²) < 4.78 is 2.83. The fourth-order valence-electron chi connectivity index (χ4n) is 2.13. The van der Waals surface area contributed by atoms with Gasteiger partial charge in [0.1, 0.15) is 0 Å². The Balaban J connectivity index is 2.36. The largest absolute Gasteiger partial charge is 0.297 e. The summed E-state index contributed by atoms with van der Waals surface area (Å²) in [5, 5.41) is 7.27. The standard InChI is InChI=1S/C14H19N3S/c1-3-4-8-11(2)17-13(15-16-14(17)18)12-9-6-5-7-10-12/h5-7,9-11H,3-4,8H2,1-2H3,(H,16,18). The number of rotatable bonds is 5. The Kier molecular flexibility index (Phi) is 4.31. The molecule has 0 radical (unpaired) electrons. The number of H-pyrrole nitrogens is 1. The topological polar surface area (TPSA) is 33.6 Å². The summed E-state index contributed by atoms with van der Waals surface area (Å²) in [4.78, 5) is 0. The van der Waals surface area contributed by atoms with Crippen LogP contribution in [0.1, 0.15) is 39.2 Å². The summed E-state index contributed by atoms with van der Waals surface area (Å²) >= 11 is 5.34. The first-order valence-corrected chi connectivity index (χ1v) is 6.87. The van der Waals surface area contributed by atoms with Crippen molar-refractivity contribution >= 4 is 12.2 Å². The maximum atomic E-state index is 5.34. The molecule has 1 unspecified atom stereocenters. The van der Waals surface area contributed by atoms with Crippen molar-refractivity contribution in [2.45, 2.75) is 39.2 Å². The van der Waals surface area contributed by atoms with E-state index in [1.807, 2.05) is 18.2 Å². The van der Waals surface area contributed by atoms with Gasteiger partial charge in [0.2, 0.25) is 0 Å². The Bertz CT molecular complexity index is 542. The zero-order valence-electron chi connectivity index (χ0n) is 10.9. The predicted molar refractivity (Wildman–Crippen MR) is 77.1 cm³/mol. The van der Waals surface area contributed by atoms with E-state index >= 15 is 0 Å². The van der Waals surface area contributed by atoms with Crippen molar-refractivity contribution in [1.29, 1.82) is 0 Å². The minimum absolute atomic E-state index is 0.381. The average Bonchev–Trinajstić information content (AvgIpc) is 2.79. The van der Waals surface area contributed by atoms with Crippen LogP contribution in [0.25, 0.3) is 11.4 Å². The molecule has 1 N–H and O–H groups in total. The third-order valence-electron chi connectivity index (χ3n) is 3.15. The summed E-state index contributed by atoms with van der Waals surface area (Å²) in [6.45, 7) is 4.41. The molecule has 3 nitrogen and oxygen atoms in total. The molecule has 1 aromatic heterocycles. The summed E-state index contributed by atoms with van der Waals surface area (Å²) in [6, 6.07) is 10.6. The molecule has 0 fully saturated rings. The van der Waals surface area contributed by atoms with Crippen molar-refractivity contribution in [3.05, 3.63) is 35.1 Å². The lowest BCUT2D eigenvalue weighted by Gasteiger charge is -2.15. The molecular formula is C14H19N3S. The molecule has 0 saturated carbocycles. The van der Waals surface area contributed by atoms with E-state index in [-0.39, 0.29) is 0 Å². The molecule has 0 aliphatic heterocycles. The van der Waals surface area contributed by atoms with Gasteiger partial charge in [0, 0.05) is 11.6 Å². The number of nitrogens with zero attached hydrogens (tertiary/aromatic N) is 2. The van der Waals surface area contributed by atoms with Crippen molar-refractivity contribution in [2.24, 2.45) is 0 Å². The highest BCUT2D eigenvalue weighted by Gasteiger charge is 2.13. The van der Waals surface area contributed by atoms with Gasteiger partial charge in [-0.05, 0) is 25.6 Å². The van der Waals surface area contributed by atoms with E-state index in [4.69, 9.17) is 12.2 Å². The van der Waals surface area contributed by atoms with Gasteiger partial charge in [-0.2, -0.15) is 5.10 Å². The molecule has 0 aliphatic rings. The van der Waals surface area contributed by atoms with Crippen LogP contribution in [-0.2, 0) is 0 Å². The molecule has 0 amide bonds. The van der Waals surface area contributed by atoms with Gasteiger partial charge in [0.15, 0.2) is 10.6 Å². The van der Waals surface area contributed by atoms with Gasteiger partial charge < -0.3 is 0 Å². The van der Waals surface area contributed by atoms with Gasteiger partial charge in [0.05, 0.1) is 0 Å². The lowest BCUT2D eigenvalue weighted by Crippen LogP contribution is -2.07. The van der Waals surface area contributed by atoms with E-state index in [0.29, 0.717) is 10.8 Å². The van der Waals surface area contributed by atoms with Crippen LogP contribution in [0.4, 0.5) is 0 Å². The van der Waals surface area contributed by atoms with Crippen molar-refractivity contribution in [3.63, 3.8) is 0 Å². The monoisotopic (exact) mass is 261 g/mol. The number of aromatic nitrogens is 3. The molecule has 96 valence electrons. The van der Waals surface area contributed by atoms with Crippen molar-refractivity contribution in [1.82, 2.24) is 14.8 Å². The lowest BCUT2D eigenvalue weighted by molar-refractivity contribution is 0.484. The lowest BCUT2D eigenvalue weighted by atomic mass is 10.1. The first kappa shape index (κ1) is 13.0. The van der Waals surface area contributed by atoms with E-state index in [9.17, 15) is 0 Å². The average molecular weight is 261 g/mol. The zero-order chi connectivity index (χ0) is 13.0. The highest BCUT2D eigenvalue weighted by molar-refractivity contribution is 7.71. The molecule has 0 aliphatic carbocycles. The molecule has 1 heterocycles. The van der Waals surface area contributed by atoms with Crippen LogP contribution in [0.15, 0.2) is 30.3 Å². The van der Waals surface area contributed by atoms with Crippen LogP contribution in [0, 0.1) is 4.77 Å². The summed E-state index contributed by atoms with van der Waals surface area (Å²) in [5.74, 6) is 0.934. The third-order valence-corrected chi connectivity index (χ3v) is 3.44. The Hall–Kier alpha value is -1.42. The highest BCUT2D eigenvalue weighted by atomic mass is 32.1. The zero-order valence-corrected chi connectivity index (χ0v) is 11.7. The van der Waals surface area contributed by atoms with Gasteiger partial charge in [-0.15, -0.1) is 0 Å². The molecule has 1 aromatic carbocycles. The Labute approximate surface area is 113 Å². The maximum Gasteiger partial charge on any atom is 0.195 e. The van der Waals surface area contributed by atoms with Crippen LogP contribution in [0.3, 0.4) is 0 Å². The van der Waals surface area contributed by atoms with E-state index in [2.05, 4.69) is 40.7 Å². The number of hydrogen-bond donors (Lipinski definition) is 1. The van der Waals surface area contributed by atoms with Crippen molar-refractivity contribution in [2.75, 3.05) is 0 Å². The van der Waals surface area contributed by atoms with Crippen LogP contribution >= 0.6 is 12.2 Å². The number of benzene rings is 1. The fraction of sp³-hybridized carbons (Fsp3) is 0.429. The Morgan fingerprint density at radius 3 is 2.72 bits per heavy atom. The molecule has 1 atom stereocenters. The first-order valence-electron chi connectivity index (χ1n) is 6.46. The summed E-state index contributed by atoms with van der Waals surface area (Å²) in [6.07, 6.45) is 3.54. The predicted octanol–water partition coefficient (Wildman–Crippen LogP) is 4.36. The SMILES string of the molecule is CCCCC(C)n1c(-c2ccccc2)n[nH]c1=S. The van der Waals surface area contributed by atoms with E-state index in [1.54, 1.807) is 0 Å². The quantitative estimate of drug-likeness (QED) is 0.811. The summed E-state index contributed by atoms with van der Waals surface area (Å²) in [7, 11) is 0. The second-order valence-electron chi connectivity index (χ2n) is 4.58. The molecule has 4 heteroatoms. The van der Waals surface area contributed by atoms with E-state index in [1.165, 1.54) is 12.8 Å². The molecule has 0 saturated heterocycles. The highest BCUT2D eigenvalue weighted by Crippen LogP contribution is 2.23. The van der Waals surface area contributed by atoms with Crippen LogP contribution in [0.5, 0.6) is 0 Å². The minimum Gasteiger partial charge on any atom is -0.297 e. The van der Waals surface area contributed by atoms with Crippen molar-refractivity contribution in [3.8, 4) is 11.4 Å². The molecule has 18 heavy (non-hydrogen) atoms. The number of nitrogens with one attached hydrogen (secondary N) is 1. The van der Waals surface area contributed by atoms with Gasteiger partial charge in [-0.25, -0.2) is 0 Å². The third kappa shape index (κ3) is 2.70. The van der Waals surface area contributed by atoms with Gasteiger partial charge in [-0.1, -0.05) is 50.1 Å². The fourth-order valence-corrected chi connectivity index (χ4v) is 2.45. The normalized spacial score (nSPS) is 12.6. The Morgan fingerprint density at radius 1 is 1.33 bits per heavy atom. The maximum absolute atomic E-state index is 5.34. The second-order valence-corrected chi connectivity index (χ2v) is 4.97. The second kappa shape index (κ2) is 5.96. The van der Waals surface area contributed by atoms with E-state index < -0.39 is 0 Å². The molecule has 0 spiro atoms. The molecule has 0 bridgehead atoms. The number of aromatic amines is 1. The molecule has 2 rings (SSSR count). The number of unbranched alkanes of at least 4 members (excludes halogenated alkanes) is 1. The first-order chi connectivity index (χ1) is 8.74.